The van der Waals surface area contributed by atoms with Gasteiger partial charge in [0.25, 0.3) is 11.8 Å². The zero-order chi connectivity index (χ0) is 27.6. The molecule has 1 unspecified atom stereocenters. The minimum atomic E-state index is -0.944. The lowest BCUT2D eigenvalue weighted by Crippen LogP contribution is -2.37. The molecule has 0 aliphatic carbocycles. The number of nitrogens with zero attached hydrogens (tertiary/aromatic N) is 2. The Bertz CT molecular complexity index is 1350. The summed E-state index contributed by atoms with van der Waals surface area (Å²) in [6.45, 7) is 3.29. The summed E-state index contributed by atoms with van der Waals surface area (Å²) in [5, 5.41) is 0.337. The summed E-state index contributed by atoms with van der Waals surface area (Å²) in [5.41, 5.74) is 1.89. The van der Waals surface area contributed by atoms with Gasteiger partial charge in [0.2, 0.25) is 5.88 Å². The Morgan fingerprint density at radius 3 is 2.13 bits per heavy atom. The number of ether oxygens (including phenoxy) is 3. The van der Waals surface area contributed by atoms with Crippen molar-refractivity contribution >= 4 is 35.4 Å². The SMILES string of the molecule is CCOC(=O)C1=C(OCCN2C(=O)c3ccccc3C2=O)N(C)C(C)=C(C(=O)OC)C1c1ccccc1Cl. The third-order valence-corrected chi connectivity index (χ3v) is 6.90. The van der Waals surface area contributed by atoms with E-state index >= 15 is 0 Å². The zero-order valence-electron chi connectivity index (χ0n) is 21.4. The molecule has 4 rings (SSSR count). The van der Waals surface area contributed by atoms with E-state index in [4.69, 9.17) is 25.8 Å². The molecule has 0 saturated heterocycles. The number of hydrogen-bond donors (Lipinski definition) is 0. The van der Waals surface area contributed by atoms with Gasteiger partial charge in [0.05, 0.1) is 42.9 Å². The maximum atomic E-state index is 13.4. The summed E-state index contributed by atoms with van der Waals surface area (Å²) < 4.78 is 16.5. The molecule has 9 nitrogen and oxygen atoms in total. The highest BCUT2D eigenvalue weighted by atomic mass is 35.5. The van der Waals surface area contributed by atoms with Crippen LogP contribution in [0.1, 0.15) is 46.0 Å². The first-order chi connectivity index (χ1) is 18.2. The molecule has 0 bridgehead atoms. The predicted molar refractivity (Wildman–Crippen MR) is 138 cm³/mol. The number of carbonyl (C=O) groups is 4. The first-order valence-corrected chi connectivity index (χ1v) is 12.4. The van der Waals surface area contributed by atoms with Crippen LogP contribution >= 0.6 is 11.6 Å². The predicted octanol–water partition coefficient (Wildman–Crippen LogP) is 3.90. The van der Waals surface area contributed by atoms with Crippen molar-refractivity contribution in [2.24, 2.45) is 0 Å². The number of imide groups is 1. The molecule has 0 aromatic heterocycles. The Kier molecular flexibility index (Phi) is 7.87. The third-order valence-electron chi connectivity index (χ3n) is 6.55. The van der Waals surface area contributed by atoms with Crippen molar-refractivity contribution in [2.45, 2.75) is 19.8 Å². The summed E-state index contributed by atoms with van der Waals surface area (Å²) in [6, 6.07) is 13.4. The minimum Gasteiger partial charge on any atom is -0.477 e. The fourth-order valence-electron chi connectivity index (χ4n) is 4.65. The number of benzene rings is 2. The molecule has 2 aliphatic heterocycles. The van der Waals surface area contributed by atoms with Crippen LogP contribution in [0.4, 0.5) is 0 Å². The number of fused-ring (bicyclic) bond motifs is 1. The van der Waals surface area contributed by atoms with Crippen LogP contribution in [0.2, 0.25) is 5.02 Å². The second-order valence-corrected chi connectivity index (χ2v) is 9.01. The molecule has 0 spiro atoms. The highest BCUT2D eigenvalue weighted by molar-refractivity contribution is 6.31. The fourth-order valence-corrected chi connectivity index (χ4v) is 4.90. The van der Waals surface area contributed by atoms with Crippen molar-refractivity contribution < 1.29 is 33.4 Å². The summed E-state index contributed by atoms with van der Waals surface area (Å²) in [7, 11) is 2.89. The monoisotopic (exact) mass is 538 g/mol. The average Bonchev–Trinajstić information content (AvgIpc) is 3.15. The highest BCUT2D eigenvalue weighted by Crippen LogP contribution is 2.44. The van der Waals surface area contributed by atoms with Gasteiger partial charge in [0.1, 0.15) is 12.2 Å². The van der Waals surface area contributed by atoms with Crippen LogP contribution in [0, 0.1) is 0 Å². The second-order valence-electron chi connectivity index (χ2n) is 8.60. The summed E-state index contributed by atoms with van der Waals surface area (Å²) in [4.78, 5) is 54.5. The molecule has 2 aromatic carbocycles. The van der Waals surface area contributed by atoms with Crippen LogP contribution in [0.15, 0.2) is 71.3 Å². The quantitative estimate of drug-likeness (QED) is 0.368. The van der Waals surface area contributed by atoms with Crippen LogP contribution in [-0.4, -0.2) is 67.5 Å². The van der Waals surface area contributed by atoms with Gasteiger partial charge >= 0.3 is 11.9 Å². The maximum Gasteiger partial charge on any atom is 0.340 e. The topological polar surface area (TPSA) is 102 Å². The van der Waals surface area contributed by atoms with Crippen molar-refractivity contribution in [1.82, 2.24) is 9.80 Å². The van der Waals surface area contributed by atoms with Gasteiger partial charge in [-0.15, -0.1) is 0 Å². The number of allylic oxidation sites excluding steroid dienone is 1. The van der Waals surface area contributed by atoms with E-state index in [0.29, 0.717) is 27.4 Å². The Hall–Kier alpha value is -4.11. The lowest BCUT2D eigenvalue weighted by atomic mass is 9.81. The number of carbonyl (C=O) groups excluding carboxylic acids is 4. The van der Waals surface area contributed by atoms with Gasteiger partial charge in [0.15, 0.2) is 0 Å². The molecule has 0 fully saturated rings. The normalized spacial score (nSPS) is 17.1. The van der Waals surface area contributed by atoms with Crippen LogP contribution in [0.25, 0.3) is 0 Å². The lowest BCUT2D eigenvalue weighted by Gasteiger charge is -2.36. The van der Waals surface area contributed by atoms with Gasteiger partial charge < -0.3 is 19.1 Å². The van der Waals surface area contributed by atoms with E-state index in [1.54, 1.807) is 74.3 Å². The first-order valence-electron chi connectivity index (χ1n) is 12.0. The molecule has 2 amide bonds. The molecule has 198 valence electrons. The van der Waals surface area contributed by atoms with E-state index in [0.717, 1.165) is 4.90 Å². The number of halogens is 1. The van der Waals surface area contributed by atoms with Gasteiger partial charge in [0, 0.05) is 17.8 Å². The molecule has 38 heavy (non-hydrogen) atoms. The van der Waals surface area contributed by atoms with Gasteiger partial charge in [-0.05, 0) is 37.6 Å². The van der Waals surface area contributed by atoms with Crippen molar-refractivity contribution in [3.05, 3.63) is 93.0 Å². The summed E-state index contributed by atoms with van der Waals surface area (Å²) in [6.07, 6.45) is 0. The molecular formula is C28H27ClN2O7. The smallest absolute Gasteiger partial charge is 0.340 e. The first kappa shape index (κ1) is 26.9. The van der Waals surface area contributed by atoms with Gasteiger partial charge in [-0.2, -0.15) is 0 Å². The second kappa shape index (κ2) is 11.1. The Balaban J connectivity index is 1.73. The number of hydrogen-bond acceptors (Lipinski definition) is 8. The largest absolute Gasteiger partial charge is 0.477 e. The molecule has 0 N–H and O–H groups in total. The zero-order valence-corrected chi connectivity index (χ0v) is 22.2. The van der Waals surface area contributed by atoms with E-state index in [2.05, 4.69) is 0 Å². The van der Waals surface area contributed by atoms with E-state index in [-0.39, 0.29) is 36.8 Å². The lowest BCUT2D eigenvalue weighted by molar-refractivity contribution is -0.139. The summed E-state index contributed by atoms with van der Waals surface area (Å²) in [5.74, 6) is -2.98. The van der Waals surface area contributed by atoms with Crippen LogP contribution < -0.4 is 0 Å². The van der Waals surface area contributed by atoms with Crippen molar-refractivity contribution in [3.8, 4) is 0 Å². The van der Waals surface area contributed by atoms with E-state index in [1.165, 1.54) is 7.11 Å². The molecule has 2 aromatic rings. The van der Waals surface area contributed by atoms with Crippen LogP contribution in [-0.2, 0) is 23.8 Å². The highest BCUT2D eigenvalue weighted by Gasteiger charge is 2.43. The maximum absolute atomic E-state index is 13.4. The summed E-state index contributed by atoms with van der Waals surface area (Å²) >= 11 is 6.53. The van der Waals surface area contributed by atoms with Crippen LogP contribution in [0.3, 0.4) is 0 Å². The van der Waals surface area contributed by atoms with E-state index < -0.39 is 29.7 Å². The van der Waals surface area contributed by atoms with Crippen molar-refractivity contribution in [2.75, 3.05) is 33.9 Å². The Morgan fingerprint density at radius 2 is 1.55 bits per heavy atom. The van der Waals surface area contributed by atoms with E-state index in [1.807, 2.05) is 0 Å². The standard InChI is InChI=1S/C28H27ClN2O7/c1-5-37-28(35)23-22(19-12-8-9-13-20(19)29)21(27(34)36-4)16(2)30(3)26(23)38-15-14-31-24(32)17-10-6-7-11-18(17)25(31)33/h6-13,22H,5,14-15H2,1-4H3. The van der Waals surface area contributed by atoms with Gasteiger partial charge in [-0.1, -0.05) is 41.9 Å². The number of amides is 2. The molecule has 2 aliphatic rings. The molecule has 0 radical (unpaired) electrons. The van der Waals surface area contributed by atoms with Crippen molar-refractivity contribution in [1.29, 1.82) is 0 Å². The Morgan fingerprint density at radius 1 is 0.947 bits per heavy atom. The Labute approximate surface area is 225 Å². The minimum absolute atomic E-state index is 0.0517. The van der Waals surface area contributed by atoms with Crippen LogP contribution in [0.5, 0.6) is 0 Å². The molecule has 10 heteroatoms. The molecule has 0 saturated carbocycles. The van der Waals surface area contributed by atoms with Crippen molar-refractivity contribution in [3.63, 3.8) is 0 Å². The van der Waals surface area contributed by atoms with E-state index in [9.17, 15) is 19.2 Å². The number of rotatable bonds is 8. The fraction of sp³-hybridized carbons (Fsp3) is 0.286. The third kappa shape index (κ3) is 4.65. The van der Waals surface area contributed by atoms with Gasteiger partial charge in [-0.3, -0.25) is 14.5 Å². The molecular weight excluding hydrogens is 512 g/mol. The number of esters is 2. The average molecular weight is 539 g/mol. The molecule has 2 heterocycles. The van der Waals surface area contributed by atoms with Gasteiger partial charge in [-0.25, -0.2) is 9.59 Å². The molecule has 1 atom stereocenters. The number of methoxy groups -OCH3 is 1.